The van der Waals surface area contributed by atoms with Crippen molar-refractivity contribution in [2.24, 2.45) is 11.1 Å². The van der Waals surface area contributed by atoms with Gasteiger partial charge in [-0.1, -0.05) is 13.8 Å². The lowest BCUT2D eigenvalue weighted by atomic mass is 9.79. The summed E-state index contributed by atoms with van der Waals surface area (Å²) in [5.74, 6) is 0.161. The first kappa shape index (κ1) is 23.2. The van der Waals surface area contributed by atoms with Crippen LogP contribution < -0.4 is 16.0 Å². The number of amides is 1. The molecule has 1 saturated heterocycles. The fraction of sp³-hybridized carbons (Fsp3) is 0.375. The maximum absolute atomic E-state index is 12.3. The van der Waals surface area contributed by atoms with Crippen molar-refractivity contribution < 1.29 is 4.79 Å². The number of nitrogens with one attached hydrogen (secondary N) is 1. The number of aryl methyl sites for hydroxylation is 1. The summed E-state index contributed by atoms with van der Waals surface area (Å²) >= 11 is 0. The first-order valence-corrected chi connectivity index (χ1v) is 11.8. The monoisotopic (exact) mass is 485 g/mol. The van der Waals surface area contributed by atoms with Crippen LogP contribution in [0.15, 0.2) is 36.9 Å². The second kappa shape index (κ2) is 8.92. The highest BCUT2D eigenvalue weighted by Crippen LogP contribution is 2.35. The molecule has 4 aromatic heterocycles. The van der Waals surface area contributed by atoms with E-state index < -0.39 is 5.91 Å². The van der Waals surface area contributed by atoms with Crippen LogP contribution in [0.5, 0.6) is 0 Å². The third-order valence-electron chi connectivity index (χ3n) is 6.65. The topological polar surface area (TPSA) is 156 Å². The Morgan fingerprint density at radius 1 is 1.25 bits per heavy atom. The molecule has 1 aliphatic rings. The number of fused-ring (bicyclic) bond motifs is 1. The number of carbonyl (C=O) groups excluding carboxylic acids is 1. The second-order valence-corrected chi connectivity index (χ2v) is 9.56. The molecule has 12 heteroatoms. The summed E-state index contributed by atoms with van der Waals surface area (Å²) < 4.78 is 3.48. The zero-order chi connectivity index (χ0) is 25.4. The minimum atomic E-state index is -0.570. The number of hydrogen-bond acceptors (Lipinski definition) is 9. The Morgan fingerprint density at radius 2 is 2.08 bits per heavy atom. The van der Waals surface area contributed by atoms with E-state index in [1.165, 1.54) is 6.20 Å². The van der Waals surface area contributed by atoms with Crippen LogP contribution >= 0.6 is 0 Å². The molecule has 12 nitrogen and oxygen atoms in total. The maximum Gasteiger partial charge on any atom is 0.252 e. The van der Waals surface area contributed by atoms with Crippen molar-refractivity contribution in [2.45, 2.75) is 39.8 Å². The van der Waals surface area contributed by atoms with Gasteiger partial charge in [0.15, 0.2) is 17.2 Å². The molecule has 0 spiro atoms. The summed E-state index contributed by atoms with van der Waals surface area (Å²) in [5.41, 5.74) is 8.77. The molecule has 184 valence electrons. The van der Waals surface area contributed by atoms with Crippen molar-refractivity contribution in [1.29, 1.82) is 5.26 Å². The first-order valence-electron chi connectivity index (χ1n) is 11.8. The number of nitriles is 1. The van der Waals surface area contributed by atoms with E-state index in [-0.39, 0.29) is 17.2 Å². The molecule has 0 aliphatic carbocycles. The fourth-order valence-electron chi connectivity index (χ4n) is 4.62. The van der Waals surface area contributed by atoms with Crippen molar-refractivity contribution in [3.63, 3.8) is 0 Å². The van der Waals surface area contributed by atoms with E-state index in [9.17, 15) is 4.79 Å². The number of primary amides is 1. The number of carbonyl (C=O) groups is 1. The zero-order valence-electron chi connectivity index (χ0n) is 20.4. The molecule has 0 radical (unpaired) electrons. The van der Waals surface area contributed by atoms with Crippen LogP contribution in [0.3, 0.4) is 0 Å². The Bertz CT molecular complexity index is 1460. The van der Waals surface area contributed by atoms with Crippen molar-refractivity contribution in [3.8, 4) is 17.3 Å². The van der Waals surface area contributed by atoms with Crippen molar-refractivity contribution in [1.82, 2.24) is 34.6 Å². The number of rotatable bonds is 6. The van der Waals surface area contributed by atoms with Crippen molar-refractivity contribution in [3.05, 3.63) is 48.2 Å². The quantitative estimate of drug-likeness (QED) is 0.417. The Labute approximate surface area is 207 Å². The predicted octanol–water partition coefficient (Wildman–Crippen LogP) is 2.09. The third-order valence-corrected chi connectivity index (χ3v) is 6.65. The van der Waals surface area contributed by atoms with Gasteiger partial charge in [0.05, 0.1) is 35.5 Å². The molecule has 0 aromatic carbocycles. The molecular formula is C24H27N11O. The number of anilines is 2. The summed E-state index contributed by atoms with van der Waals surface area (Å²) in [5, 5.41) is 29.4. The molecule has 5 heterocycles. The largest absolute Gasteiger partial charge is 0.378 e. The summed E-state index contributed by atoms with van der Waals surface area (Å²) in [6.45, 7) is 8.52. The highest BCUT2D eigenvalue weighted by atomic mass is 16.1. The second-order valence-electron chi connectivity index (χ2n) is 9.56. The van der Waals surface area contributed by atoms with E-state index in [0.717, 1.165) is 30.9 Å². The van der Waals surface area contributed by atoms with Gasteiger partial charge in [-0.05, 0) is 25.5 Å². The summed E-state index contributed by atoms with van der Waals surface area (Å²) in [4.78, 5) is 19.3. The Morgan fingerprint density at radius 3 is 2.72 bits per heavy atom. The Balaban J connectivity index is 1.45. The van der Waals surface area contributed by atoms with Gasteiger partial charge in [-0.15, -0.1) is 10.2 Å². The molecule has 1 amide bonds. The van der Waals surface area contributed by atoms with Crippen LogP contribution in [0.2, 0.25) is 0 Å². The van der Waals surface area contributed by atoms with E-state index in [1.807, 2.05) is 36.1 Å². The summed E-state index contributed by atoms with van der Waals surface area (Å²) in [7, 11) is 0. The predicted molar refractivity (Wildman–Crippen MR) is 133 cm³/mol. The standard InChI is InChI=1S/C24H27N11O/c1-4-34-12-15(10-27-34)18-13-35-23(29-18)21(17(11-28-35)22(26)36)30-19-7-8-33(14-24(19,2)3)20-6-5-16(9-25)31-32-20/h5-6,10-13,19,30H,4,7-8,14H2,1-3H3,(H2,26,36)/t19-/m1/s1. The van der Waals surface area contributed by atoms with Gasteiger partial charge in [0.1, 0.15) is 6.07 Å². The molecule has 0 unspecified atom stereocenters. The van der Waals surface area contributed by atoms with Crippen molar-refractivity contribution in [2.75, 3.05) is 23.3 Å². The molecule has 1 atom stereocenters. The van der Waals surface area contributed by atoms with Gasteiger partial charge in [-0.25, -0.2) is 9.50 Å². The Hall–Kier alpha value is -4.53. The normalized spacial score (nSPS) is 17.2. The first-order chi connectivity index (χ1) is 17.3. The molecule has 1 fully saturated rings. The van der Waals surface area contributed by atoms with E-state index in [0.29, 0.717) is 29.1 Å². The highest BCUT2D eigenvalue weighted by Gasteiger charge is 2.37. The number of nitrogens with zero attached hydrogens (tertiary/aromatic N) is 9. The molecule has 5 rings (SSSR count). The van der Waals surface area contributed by atoms with Crippen LogP contribution in [0.4, 0.5) is 11.5 Å². The smallest absolute Gasteiger partial charge is 0.252 e. The minimum absolute atomic E-state index is 0.0207. The average molecular weight is 486 g/mol. The zero-order valence-corrected chi connectivity index (χ0v) is 20.4. The lowest BCUT2D eigenvalue weighted by Gasteiger charge is -2.45. The van der Waals surface area contributed by atoms with E-state index >= 15 is 0 Å². The summed E-state index contributed by atoms with van der Waals surface area (Å²) in [6.07, 6.45) is 7.76. The lowest BCUT2D eigenvalue weighted by Crippen LogP contribution is -2.52. The van der Waals surface area contributed by atoms with Gasteiger partial charge >= 0.3 is 0 Å². The maximum atomic E-state index is 12.3. The van der Waals surface area contributed by atoms with Crippen LogP contribution in [0.25, 0.3) is 16.9 Å². The lowest BCUT2D eigenvalue weighted by molar-refractivity contribution is 0.100. The molecule has 4 aromatic rings. The number of imidazole rings is 1. The highest BCUT2D eigenvalue weighted by molar-refractivity contribution is 6.01. The summed E-state index contributed by atoms with van der Waals surface area (Å²) in [6, 6.07) is 5.51. The molecular weight excluding hydrogens is 458 g/mol. The molecule has 36 heavy (non-hydrogen) atoms. The van der Waals surface area contributed by atoms with E-state index in [2.05, 4.69) is 44.5 Å². The minimum Gasteiger partial charge on any atom is -0.378 e. The molecule has 0 bridgehead atoms. The van der Waals surface area contributed by atoms with Crippen molar-refractivity contribution >= 4 is 23.1 Å². The molecule has 1 aliphatic heterocycles. The number of nitrogens with two attached hydrogens (primary N) is 1. The van der Waals surface area contributed by atoms with Gasteiger partial charge in [-0.3, -0.25) is 9.48 Å². The fourth-order valence-corrected chi connectivity index (χ4v) is 4.62. The Kier molecular flexibility index (Phi) is 5.75. The van der Waals surface area contributed by atoms with Gasteiger partial charge in [0.2, 0.25) is 0 Å². The number of piperidine rings is 1. The van der Waals surface area contributed by atoms with E-state index in [1.54, 1.807) is 16.8 Å². The average Bonchev–Trinajstić information content (AvgIpc) is 3.52. The molecule has 3 N–H and O–H groups in total. The van der Waals surface area contributed by atoms with Gasteiger partial charge in [0.25, 0.3) is 5.91 Å². The van der Waals surface area contributed by atoms with Gasteiger partial charge in [-0.2, -0.15) is 15.5 Å². The number of aromatic nitrogens is 7. The van der Waals surface area contributed by atoms with Crippen LogP contribution in [0.1, 0.15) is 43.2 Å². The van der Waals surface area contributed by atoms with Crippen LogP contribution in [-0.2, 0) is 6.54 Å². The van der Waals surface area contributed by atoms with Gasteiger partial charge < -0.3 is 16.0 Å². The molecule has 0 saturated carbocycles. The number of hydrogen-bond donors (Lipinski definition) is 2. The van der Waals surface area contributed by atoms with E-state index in [4.69, 9.17) is 16.0 Å². The van der Waals surface area contributed by atoms with Gasteiger partial charge in [0, 0.05) is 42.9 Å². The third kappa shape index (κ3) is 4.19. The van der Waals surface area contributed by atoms with Crippen LogP contribution in [0, 0.1) is 16.7 Å². The van der Waals surface area contributed by atoms with Crippen LogP contribution in [-0.4, -0.2) is 59.6 Å². The SMILES string of the molecule is CCn1cc(-c2cn3ncc(C(N)=O)c(N[C@@H]4CCN(c5ccc(C#N)nn5)CC4(C)C)c3n2)cn1.